The first-order valence-corrected chi connectivity index (χ1v) is 11.7. The SMILES string of the molecule is CNc1cc(Nc2cccn([C@H]3CC[C@@H](N4CCOCC4)CC3)c2=O)nc2c(C(N)=O)cnn12. The minimum absolute atomic E-state index is 0.0892. The van der Waals surface area contributed by atoms with Crippen LogP contribution in [0.15, 0.2) is 35.4 Å². The van der Waals surface area contributed by atoms with Gasteiger partial charge >= 0.3 is 0 Å². The van der Waals surface area contributed by atoms with Crippen LogP contribution in [-0.4, -0.2) is 69.4 Å². The molecule has 0 aromatic carbocycles. The monoisotopic (exact) mass is 466 g/mol. The Bertz CT molecular complexity index is 1240. The van der Waals surface area contributed by atoms with E-state index in [4.69, 9.17) is 10.5 Å². The summed E-state index contributed by atoms with van der Waals surface area (Å²) in [5.41, 5.74) is 6.33. The molecule has 11 heteroatoms. The highest BCUT2D eigenvalue weighted by atomic mass is 16.5. The van der Waals surface area contributed by atoms with Crippen molar-refractivity contribution in [1.29, 1.82) is 0 Å². The molecule has 2 fully saturated rings. The lowest BCUT2D eigenvalue weighted by Crippen LogP contribution is -2.45. The Morgan fingerprint density at radius 2 is 1.91 bits per heavy atom. The zero-order chi connectivity index (χ0) is 23.7. The molecule has 1 amide bonds. The minimum atomic E-state index is -0.614. The van der Waals surface area contributed by atoms with Gasteiger partial charge in [0.05, 0.1) is 19.4 Å². The van der Waals surface area contributed by atoms with Crippen LogP contribution in [0.1, 0.15) is 42.1 Å². The van der Waals surface area contributed by atoms with E-state index in [2.05, 4.69) is 25.6 Å². The summed E-state index contributed by atoms with van der Waals surface area (Å²) in [6.07, 6.45) is 7.35. The molecule has 1 aliphatic heterocycles. The summed E-state index contributed by atoms with van der Waals surface area (Å²) >= 11 is 0. The number of carbonyl (C=O) groups excluding carboxylic acids is 1. The summed E-state index contributed by atoms with van der Waals surface area (Å²) in [6, 6.07) is 6.10. The topological polar surface area (TPSA) is 132 Å². The van der Waals surface area contributed by atoms with Crippen LogP contribution in [0.25, 0.3) is 5.65 Å². The molecule has 34 heavy (non-hydrogen) atoms. The number of anilines is 3. The van der Waals surface area contributed by atoms with E-state index in [1.165, 1.54) is 10.7 Å². The number of nitrogens with two attached hydrogens (primary N) is 1. The number of amides is 1. The van der Waals surface area contributed by atoms with E-state index in [0.717, 1.165) is 52.0 Å². The van der Waals surface area contributed by atoms with Crippen molar-refractivity contribution in [1.82, 2.24) is 24.1 Å². The molecule has 1 aliphatic carbocycles. The molecule has 0 radical (unpaired) electrons. The smallest absolute Gasteiger partial charge is 0.274 e. The number of nitrogens with zero attached hydrogens (tertiary/aromatic N) is 5. The normalized spacial score (nSPS) is 21.4. The number of morpholine rings is 1. The largest absolute Gasteiger partial charge is 0.379 e. The van der Waals surface area contributed by atoms with Crippen molar-refractivity contribution in [3.63, 3.8) is 0 Å². The van der Waals surface area contributed by atoms with Gasteiger partial charge < -0.3 is 25.7 Å². The second-order valence-electron chi connectivity index (χ2n) is 8.80. The third-order valence-corrected chi connectivity index (χ3v) is 6.85. The molecule has 5 rings (SSSR count). The average Bonchev–Trinajstić information content (AvgIpc) is 3.30. The number of fused-ring (bicyclic) bond motifs is 1. The predicted molar refractivity (Wildman–Crippen MR) is 129 cm³/mol. The Morgan fingerprint density at radius 3 is 2.62 bits per heavy atom. The van der Waals surface area contributed by atoms with Crippen molar-refractivity contribution in [3.05, 3.63) is 46.5 Å². The number of hydrogen-bond donors (Lipinski definition) is 3. The number of nitrogens with one attached hydrogen (secondary N) is 2. The number of hydrogen-bond acceptors (Lipinski definition) is 8. The molecule has 2 aliphatic rings. The van der Waals surface area contributed by atoms with Crippen molar-refractivity contribution < 1.29 is 9.53 Å². The van der Waals surface area contributed by atoms with Crippen molar-refractivity contribution in [2.45, 2.75) is 37.8 Å². The van der Waals surface area contributed by atoms with Gasteiger partial charge in [0.1, 0.15) is 22.9 Å². The Balaban J connectivity index is 1.36. The Morgan fingerprint density at radius 1 is 1.18 bits per heavy atom. The first kappa shape index (κ1) is 22.4. The number of ether oxygens (including phenoxy) is 1. The number of carbonyl (C=O) groups is 1. The molecule has 4 heterocycles. The van der Waals surface area contributed by atoms with Gasteiger partial charge in [0.15, 0.2) is 5.65 Å². The Kier molecular flexibility index (Phi) is 6.20. The van der Waals surface area contributed by atoms with Gasteiger partial charge in [-0.2, -0.15) is 9.61 Å². The molecule has 11 nitrogen and oxygen atoms in total. The maximum Gasteiger partial charge on any atom is 0.274 e. The van der Waals surface area contributed by atoms with Gasteiger partial charge in [0.25, 0.3) is 11.5 Å². The predicted octanol–water partition coefficient (Wildman–Crippen LogP) is 1.59. The first-order chi connectivity index (χ1) is 16.5. The molecule has 1 saturated heterocycles. The fraction of sp³-hybridized carbons (Fsp3) is 0.478. The summed E-state index contributed by atoms with van der Waals surface area (Å²) in [5.74, 6) is 0.417. The number of primary amides is 1. The van der Waals surface area contributed by atoms with E-state index in [1.807, 2.05) is 16.8 Å². The van der Waals surface area contributed by atoms with Crippen LogP contribution in [0.3, 0.4) is 0 Å². The van der Waals surface area contributed by atoms with Gasteiger partial charge in [-0.15, -0.1) is 0 Å². The second-order valence-corrected chi connectivity index (χ2v) is 8.80. The molecule has 0 bridgehead atoms. The van der Waals surface area contributed by atoms with Gasteiger partial charge in [-0.3, -0.25) is 14.5 Å². The van der Waals surface area contributed by atoms with E-state index >= 15 is 0 Å². The highest BCUT2D eigenvalue weighted by Crippen LogP contribution is 2.31. The van der Waals surface area contributed by atoms with Crippen LogP contribution in [0.5, 0.6) is 0 Å². The summed E-state index contributed by atoms with van der Waals surface area (Å²) in [6.45, 7) is 3.61. The molecule has 0 spiro atoms. The third kappa shape index (κ3) is 4.24. The highest BCUT2D eigenvalue weighted by molar-refractivity contribution is 5.98. The van der Waals surface area contributed by atoms with Crippen LogP contribution in [0.2, 0.25) is 0 Å². The standard InChI is InChI=1S/C23H30N8O3/c1-25-20-13-19(28-22-17(21(24)32)14-26-31(20)22)27-18-3-2-8-30(23(18)33)16-6-4-15(5-7-16)29-9-11-34-12-10-29/h2-3,8,13-16,25H,4-7,9-12H2,1H3,(H2,24,32)(H,27,28)/t15-,16+. The minimum Gasteiger partial charge on any atom is -0.379 e. The molecule has 3 aromatic rings. The highest BCUT2D eigenvalue weighted by Gasteiger charge is 2.28. The van der Waals surface area contributed by atoms with Crippen molar-refractivity contribution in [3.8, 4) is 0 Å². The van der Waals surface area contributed by atoms with E-state index in [0.29, 0.717) is 29.0 Å². The maximum absolute atomic E-state index is 13.3. The second kappa shape index (κ2) is 9.43. The fourth-order valence-electron chi connectivity index (χ4n) is 5.05. The number of aromatic nitrogens is 4. The molecule has 4 N–H and O–H groups in total. The lowest BCUT2D eigenvalue weighted by Gasteiger charge is -2.39. The van der Waals surface area contributed by atoms with Crippen molar-refractivity contribution >= 4 is 28.9 Å². The van der Waals surface area contributed by atoms with Gasteiger partial charge in [-0.05, 0) is 37.8 Å². The van der Waals surface area contributed by atoms with E-state index in [1.54, 1.807) is 19.2 Å². The molecule has 1 saturated carbocycles. The van der Waals surface area contributed by atoms with Crippen molar-refractivity contribution in [2.75, 3.05) is 44.0 Å². The maximum atomic E-state index is 13.3. The van der Waals surface area contributed by atoms with Crippen molar-refractivity contribution in [2.24, 2.45) is 5.73 Å². The molecular weight excluding hydrogens is 436 g/mol. The van der Waals surface area contributed by atoms with Gasteiger partial charge in [0, 0.05) is 44.5 Å². The van der Waals surface area contributed by atoms with Gasteiger partial charge in [-0.1, -0.05) is 0 Å². The summed E-state index contributed by atoms with van der Waals surface area (Å²) in [5, 5.41) is 10.3. The molecular formula is C23H30N8O3. The van der Waals surface area contributed by atoms with Crippen LogP contribution in [0, 0.1) is 0 Å². The first-order valence-electron chi connectivity index (χ1n) is 11.7. The van der Waals surface area contributed by atoms with Gasteiger partial charge in [-0.25, -0.2) is 4.98 Å². The summed E-state index contributed by atoms with van der Waals surface area (Å²) in [7, 11) is 1.74. The average molecular weight is 467 g/mol. The summed E-state index contributed by atoms with van der Waals surface area (Å²) in [4.78, 5) is 32.1. The molecule has 0 atom stereocenters. The van der Waals surface area contributed by atoms with Crippen LogP contribution < -0.4 is 21.9 Å². The van der Waals surface area contributed by atoms with Crippen LogP contribution in [-0.2, 0) is 4.74 Å². The quantitative estimate of drug-likeness (QED) is 0.499. The van der Waals surface area contributed by atoms with E-state index in [9.17, 15) is 9.59 Å². The Hall–Kier alpha value is -3.44. The lowest BCUT2D eigenvalue weighted by atomic mass is 9.89. The Labute approximate surface area is 196 Å². The van der Waals surface area contributed by atoms with E-state index < -0.39 is 5.91 Å². The third-order valence-electron chi connectivity index (χ3n) is 6.85. The summed E-state index contributed by atoms with van der Waals surface area (Å²) < 4.78 is 8.82. The zero-order valence-corrected chi connectivity index (χ0v) is 19.2. The zero-order valence-electron chi connectivity index (χ0n) is 19.2. The van der Waals surface area contributed by atoms with Crippen LogP contribution in [0.4, 0.5) is 17.3 Å². The molecule has 180 valence electrons. The fourth-order valence-corrected chi connectivity index (χ4v) is 5.05. The van der Waals surface area contributed by atoms with Crippen LogP contribution >= 0.6 is 0 Å². The molecule has 3 aromatic heterocycles. The van der Waals surface area contributed by atoms with E-state index in [-0.39, 0.29) is 17.2 Å². The molecule has 0 unspecified atom stereocenters. The number of rotatable bonds is 6. The number of pyridine rings is 1. The lowest BCUT2D eigenvalue weighted by molar-refractivity contribution is 0.00535. The van der Waals surface area contributed by atoms with Gasteiger partial charge in [0.2, 0.25) is 0 Å².